The Balaban J connectivity index is 1.31. The van der Waals surface area contributed by atoms with Crippen LogP contribution < -0.4 is 15.0 Å². The third kappa shape index (κ3) is 4.16. The van der Waals surface area contributed by atoms with Crippen molar-refractivity contribution >= 4 is 11.9 Å². The molecule has 1 aromatic carbocycles. The lowest BCUT2D eigenvalue weighted by Crippen LogP contribution is -2.67. The number of anilines is 1. The van der Waals surface area contributed by atoms with Gasteiger partial charge in [-0.2, -0.15) is 4.98 Å². The maximum absolute atomic E-state index is 13.6. The average Bonchev–Trinajstić information content (AvgIpc) is 3.23. The number of ether oxygens (including phenoxy) is 1. The number of methoxy groups -OCH3 is 1. The van der Waals surface area contributed by atoms with E-state index in [-0.39, 0.29) is 5.91 Å². The first-order valence-corrected chi connectivity index (χ1v) is 11.3. The highest BCUT2D eigenvalue weighted by molar-refractivity contribution is 5.87. The first-order valence-electron chi connectivity index (χ1n) is 11.3. The van der Waals surface area contributed by atoms with Crippen LogP contribution in [0, 0.1) is 6.92 Å². The molecule has 0 unspecified atom stereocenters. The van der Waals surface area contributed by atoms with Gasteiger partial charge in [0.15, 0.2) is 11.7 Å². The van der Waals surface area contributed by atoms with Crippen molar-refractivity contribution in [2.75, 3.05) is 38.2 Å². The van der Waals surface area contributed by atoms with Crippen molar-refractivity contribution in [3.63, 3.8) is 0 Å². The summed E-state index contributed by atoms with van der Waals surface area (Å²) >= 11 is 0. The predicted octanol–water partition coefficient (Wildman–Crippen LogP) is 2.42. The Bertz CT molecular complexity index is 1120. The van der Waals surface area contributed by atoms with Gasteiger partial charge >= 0.3 is 0 Å². The molecule has 1 spiro atoms. The van der Waals surface area contributed by atoms with E-state index in [0.717, 1.165) is 23.6 Å². The Morgan fingerprint density at radius 2 is 1.91 bits per heavy atom. The molecule has 1 N–H and O–H groups in total. The zero-order chi connectivity index (χ0) is 22.8. The molecule has 2 saturated heterocycles. The van der Waals surface area contributed by atoms with Crippen molar-refractivity contribution in [1.29, 1.82) is 0 Å². The van der Waals surface area contributed by atoms with Gasteiger partial charge in [0, 0.05) is 50.9 Å². The number of carbonyl (C=O) groups is 1. The van der Waals surface area contributed by atoms with E-state index in [0.29, 0.717) is 56.7 Å². The summed E-state index contributed by atoms with van der Waals surface area (Å²) in [7, 11) is 1.59. The fourth-order valence-electron chi connectivity index (χ4n) is 4.71. The van der Waals surface area contributed by atoms with E-state index >= 15 is 0 Å². The van der Waals surface area contributed by atoms with Crippen LogP contribution >= 0.6 is 0 Å². The fourth-order valence-corrected chi connectivity index (χ4v) is 4.71. The zero-order valence-electron chi connectivity index (χ0n) is 19.0. The van der Waals surface area contributed by atoms with Gasteiger partial charge in [-0.15, -0.1) is 0 Å². The number of rotatable bonds is 5. The summed E-state index contributed by atoms with van der Waals surface area (Å²) in [6.07, 6.45) is 3.07. The van der Waals surface area contributed by atoms with E-state index in [1.54, 1.807) is 19.4 Å². The van der Waals surface area contributed by atoms with E-state index < -0.39 is 5.54 Å². The molecule has 0 atom stereocenters. The van der Waals surface area contributed by atoms with Crippen LogP contribution in [0.1, 0.15) is 24.4 Å². The van der Waals surface area contributed by atoms with Gasteiger partial charge in [0.05, 0.1) is 13.7 Å². The number of hydrogen-bond donors (Lipinski definition) is 1. The van der Waals surface area contributed by atoms with Gasteiger partial charge in [-0.1, -0.05) is 30.3 Å². The van der Waals surface area contributed by atoms with Gasteiger partial charge in [-0.3, -0.25) is 4.79 Å². The second-order valence-electron chi connectivity index (χ2n) is 8.50. The highest BCUT2D eigenvalue weighted by Crippen LogP contribution is 2.31. The summed E-state index contributed by atoms with van der Waals surface area (Å²) in [6.45, 7) is 5.05. The molecule has 2 aromatic heterocycles. The molecule has 172 valence electrons. The normalized spacial score (nSPS) is 18.1. The molecule has 1 amide bonds. The topological polar surface area (TPSA) is 96.6 Å². The minimum absolute atomic E-state index is 0.125. The maximum Gasteiger partial charge on any atom is 0.243 e. The Morgan fingerprint density at radius 3 is 2.67 bits per heavy atom. The van der Waals surface area contributed by atoms with Crippen molar-refractivity contribution in [1.82, 2.24) is 25.2 Å². The summed E-state index contributed by atoms with van der Waals surface area (Å²) in [6, 6.07) is 11.7. The van der Waals surface area contributed by atoms with Crippen LogP contribution in [0.2, 0.25) is 0 Å². The highest BCUT2D eigenvalue weighted by Gasteiger charge is 2.46. The lowest BCUT2D eigenvalue weighted by atomic mass is 9.84. The number of amides is 1. The van der Waals surface area contributed by atoms with E-state index in [9.17, 15) is 4.79 Å². The molecular weight excluding hydrogens is 420 g/mol. The SMILES string of the molecule is COc1ccnc(N2CCC3(CC2)NCCN(Cc2nc(C)oc2-c2ccccc2)C3=O)n1. The number of piperidine rings is 1. The molecule has 2 fully saturated rings. The second kappa shape index (κ2) is 8.82. The predicted molar refractivity (Wildman–Crippen MR) is 123 cm³/mol. The Hall–Kier alpha value is -3.46. The van der Waals surface area contributed by atoms with Crippen molar-refractivity contribution in [2.45, 2.75) is 31.8 Å². The lowest BCUT2D eigenvalue weighted by Gasteiger charge is -2.46. The molecule has 3 aromatic rings. The van der Waals surface area contributed by atoms with Crippen molar-refractivity contribution in [3.8, 4) is 17.2 Å². The molecule has 9 heteroatoms. The minimum atomic E-state index is -0.570. The monoisotopic (exact) mass is 448 g/mol. The smallest absolute Gasteiger partial charge is 0.243 e. The van der Waals surface area contributed by atoms with Crippen LogP contribution in [0.15, 0.2) is 47.0 Å². The minimum Gasteiger partial charge on any atom is -0.481 e. The largest absolute Gasteiger partial charge is 0.481 e. The molecule has 9 nitrogen and oxygen atoms in total. The number of carbonyl (C=O) groups excluding carboxylic acids is 1. The first-order chi connectivity index (χ1) is 16.1. The van der Waals surface area contributed by atoms with Crippen LogP contribution in [0.4, 0.5) is 5.95 Å². The van der Waals surface area contributed by atoms with Crippen molar-refractivity contribution in [3.05, 3.63) is 54.2 Å². The molecular formula is C24H28N6O3. The van der Waals surface area contributed by atoms with Crippen LogP contribution in [-0.2, 0) is 11.3 Å². The van der Waals surface area contributed by atoms with Crippen LogP contribution in [-0.4, -0.2) is 64.6 Å². The third-order valence-electron chi connectivity index (χ3n) is 6.45. The van der Waals surface area contributed by atoms with Gasteiger partial charge < -0.3 is 24.3 Å². The summed E-state index contributed by atoms with van der Waals surface area (Å²) in [5.74, 6) is 2.64. The molecule has 0 saturated carbocycles. The first kappa shape index (κ1) is 21.4. The molecule has 33 heavy (non-hydrogen) atoms. The van der Waals surface area contributed by atoms with Crippen molar-refractivity contribution in [2.24, 2.45) is 0 Å². The average molecular weight is 449 g/mol. The van der Waals surface area contributed by atoms with E-state index in [2.05, 4.69) is 25.2 Å². The molecule has 2 aliphatic heterocycles. The van der Waals surface area contributed by atoms with Crippen LogP contribution in [0.25, 0.3) is 11.3 Å². The number of hydrogen-bond acceptors (Lipinski definition) is 8. The number of oxazole rings is 1. The van der Waals surface area contributed by atoms with Crippen LogP contribution in [0.5, 0.6) is 5.88 Å². The van der Waals surface area contributed by atoms with Gasteiger partial charge in [-0.05, 0) is 12.8 Å². The van der Waals surface area contributed by atoms with Gasteiger partial charge in [0.2, 0.25) is 17.7 Å². The number of aryl methyl sites for hydroxylation is 1. The standard InChI is InChI=1S/C24H28N6O3/c1-17-27-19(21(33-17)18-6-4-3-5-7-18)16-30-15-12-26-24(22(30)31)9-13-29(14-10-24)23-25-11-8-20(28-23)32-2/h3-8,11,26H,9-10,12-16H2,1-2H3. The maximum atomic E-state index is 13.6. The Labute approximate surface area is 192 Å². The fraction of sp³-hybridized carbons (Fsp3) is 0.417. The summed E-state index contributed by atoms with van der Waals surface area (Å²) in [5.41, 5.74) is 1.20. The Morgan fingerprint density at radius 1 is 1.12 bits per heavy atom. The van der Waals surface area contributed by atoms with E-state index in [1.165, 1.54) is 0 Å². The second-order valence-corrected chi connectivity index (χ2v) is 8.50. The summed E-state index contributed by atoms with van der Waals surface area (Å²) in [4.78, 5) is 31.1. The highest BCUT2D eigenvalue weighted by atomic mass is 16.5. The third-order valence-corrected chi connectivity index (χ3v) is 6.45. The van der Waals surface area contributed by atoms with E-state index in [1.807, 2.05) is 42.2 Å². The molecule has 5 rings (SSSR count). The van der Waals surface area contributed by atoms with E-state index in [4.69, 9.17) is 9.15 Å². The molecule has 0 aliphatic carbocycles. The lowest BCUT2D eigenvalue weighted by molar-refractivity contribution is -0.143. The summed E-state index contributed by atoms with van der Waals surface area (Å²) in [5, 5.41) is 3.52. The summed E-state index contributed by atoms with van der Waals surface area (Å²) < 4.78 is 11.1. The van der Waals surface area contributed by atoms with Crippen LogP contribution in [0.3, 0.4) is 0 Å². The number of aromatic nitrogens is 3. The molecule has 2 aliphatic rings. The van der Waals surface area contributed by atoms with Gasteiger partial charge in [0.1, 0.15) is 11.2 Å². The van der Waals surface area contributed by atoms with Gasteiger partial charge in [0.25, 0.3) is 0 Å². The molecule has 0 radical (unpaired) electrons. The molecule has 4 heterocycles. The van der Waals surface area contributed by atoms with Crippen molar-refractivity contribution < 1.29 is 13.9 Å². The number of piperazine rings is 1. The zero-order valence-corrected chi connectivity index (χ0v) is 19.0. The number of benzene rings is 1. The number of nitrogens with zero attached hydrogens (tertiary/aromatic N) is 5. The Kier molecular flexibility index (Phi) is 5.72. The quantitative estimate of drug-likeness (QED) is 0.636. The molecule has 0 bridgehead atoms. The number of nitrogens with one attached hydrogen (secondary N) is 1. The van der Waals surface area contributed by atoms with Gasteiger partial charge in [-0.25, -0.2) is 9.97 Å².